The normalized spacial score (nSPS) is 17.0. The van der Waals surface area contributed by atoms with Crippen LogP contribution in [0.4, 0.5) is 8.78 Å². The molecule has 0 aliphatic rings. The topological polar surface area (TPSA) is 59.4 Å². The lowest BCUT2D eigenvalue weighted by atomic mass is 9.92. The van der Waals surface area contributed by atoms with Crippen LogP contribution in [0.1, 0.15) is 12.7 Å². The Morgan fingerprint density at radius 2 is 2.23 bits per heavy atom. The van der Waals surface area contributed by atoms with E-state index in [4.69, 9.17) is 15.3 Å². The molecule has 74 valence electrons. The third-order valence-electron chi connectivity index (χ3n) is 1.99. The molecule has 0 bridgehead atoms. The fourth-order valence-electron chi connectivity index (χ4n) is 0.919. The van der Waals surface area contributed by atoms with Gasteiger partial charge < -0.3 is 15.3 Å². The lowest BCUT2D eigenvalue weighted by Crippen LogP contribution is -2.52. The van der Waals surface area contributed by atoms with Gasteiger partial charge >= 0.3 is 0 Å². The molecule has 3 N–H and O–H groups in total. The Hall–Kier alpha value is -0.940. The molecule has 0 saturated carbocycles. The number of aliphatic hydroxyl groups excluding tert-OH is 1. The maximum Gasteiger partial charge on any atom is 0.295 e. The predicted octanol–water partition coefficient (Wildman–Crippen LogP) is 1.08. The van der Waals surface area contributed by atoms with Crippen LogP contribution in [0.15, 0.2) is 22.8 Å². The minimum Gasteiger partial charge on any atom is -0.467 e. The molecule has 13 heavy (non-hydrogen) atoms. The van der Waals surface area contributed by atoms with Gasteiger partial charge in [0.1, 0.15) is 17.9 Å². The van der Waals surface area contributed by atoms with Crippen molar-refractivity contribution in [1.29, 1.82) is 0 Å². The van der Waals surface area contributed by atoms with Crippen LogP contribution in [-0.2, 0) is 5.54 Å². The van der Waals surface area contributed by atoms with E-state index in [0.717, 1.165) is 6.92 Å². The molecule has 0 spiro atoms. The molecule has 0 unspecified atom stereocenters. The third-order valence-corrected chi connectivity index (χ3v) is 1.99. The van der Waals surface area contributed by atoms with E-state index in [1.807, 2.05) is 0 Å². The van der Waals surface area contributed by atoms with Crippen LogP contribution in [0.3, 0.4) is 0 Å². The average molecular weight is 191 g/mol. The van der Waals surface area contributed by atoms with Crippen molar-refractivity contribution >= 4 is 0 Å². The van der Waals surface area contributed by atoms with Gasteiger partial charge in [0, 0.05) is 0 Å². The number of nitrogens with two attached hydrogens (primary N) is 1. The first kappa shape index (κ1) is 10.1. The van der Waals surface area contributed by atoms with E-state index >= 15 is 0 Å². The summed E-state index contributed by atoms with van der Waals surface area (Å²) in [6, 6.07) is 2.82. The Morgan fingerprint density at radius 1 is 1.62 bits per heavy atom. The van der Waals surface area contributed by atoms with Crippen LogP contribution in [0, 0.1) is 0 Å². The summed E-state index contributed by atoms with van der Waals surface area (Å²) < 4.78 is 30.9. The van der Waals surface area contributed by atoms with Crippen LogP contribution in [0.2, 0.25) is 0 Å². The van der Waals surface area contributed by atoms with Gasteiger partial charge in [0.25, 0.3) is 5.92 Å². The summed E-state index contributed by atoms with van der Waals surface area (Å²) in [6.45, 7) is -0.192. The monoisotopic (exact) mass is 191 g/mol. The molecule has 0 aliphatic carbocycles. The van der Waals surface area contributed by atoms with Crippen LogP contribution >= 0.6 is 0 Å². The van der Waals surface area contributed by atoms with Gasteiger partial charge in [-0.3, -0.25) is 0 Å². The summed E-state index contributed by atoms with van der Waals surface area (Å²) in [5, 5.41) is 8.46. The molecule has 0 aliphatic heterocycles. The van der Waals surface area contributed by atoms with Crippen molar-refractivity contribution < 1.29 is 18.3 Å². The van der Waals surface area contributed by atoms with Crippen molar-refractivity contribution in [3.8, 4) is 0 Å². The highest BCUT2D eigenvalue weighted by atomic mass is 19.3. The minimum atomic E-state index is -3.40. The molecule has 1 heterocycles. The zero-order valence-electron chi connectivity index (χ0n) is 7.13. The number of hydrogen-bond donors (Lipinski definition) is 2. The highest BCUT2D eigenvalue weighted by Crippen LogP contribution is 2.34. The number of rotatable bonds is 3. The predicted molar refractivity (Wildman–Crippen MR) is 42.3 cm³/mol. The van der Waals surface area contributed by atoms with E-state index in [2.05, 4.69) is 0 Å². The summed E-state index contributed by atoms with van der Waals surface area (Å²) >= 11 is 0. The van der Waals surface area contributed by atoms with Gasteiger partial charge in [0.2, 0.25) is 0 Å². The number of furan rings is 1. The van der Waals surface area contributed by atoms with Crippen molar-refractivity contribution in [3.63, 3.8) is 0 Å². The van der Waals surface area contributed by atoms with E-state index < -0.39 is 18.1 Å². The third kappa shape index (κ3) is 1.57. The quantitative estimate of drug-likeness (QED) is 0.751. The standard InChI is InChI=1S/C8H11F2NO2/c1-7(11,8(9,10)5-12)6-3-2-4-13-6/h2-4,12H,5,11H2,1H3/t7-/m1/s1. The Labute approximate surface area is 74.2 Å². The van der Waals surface area contributed by atoms with E-state index in [-0.39, 0.29) is 5.76 Å². The Kier molecular flexibility index (Phi) is 2.40. The Morgan fingerprint density at radius 3 is 2.62 bits per heavy atom. The highest BCUT2D eigenvalue weighted by molar-refractivity contribution is 5.15. The van der Waals surface area contributed by atoms with Gasteiger partial charge in [-0.15, -0.1) is 0 Å². The summed E-state index contributed by atoms with van der Waals surface area (Å²) in [5.41, 5.74) is 3.39. The maximum atomic E-state index is 13.1. The second-order valence-corrected chi connectivity index (χ2v) is 3.04. The zero-order valence-corrected chi connectivity index (χ0v) is 7.13. The molecule has 3 nitrogen and oxygen atoms in total. The second kappa shape index (κ2) is 3.08. The second-order valence-electron chi connectivity index (χ2n) is 3.04. The van der Waals surface area contributed by atoms with Crippen molar-refractivity contribution in [2.75, 3.05) is 6.61 Å². The van der Waals surface area contributed by atoms with Crippen LogP contribution in [0.25, 0.3) is 0 Å². The number of aliphatic hydroxyl groups is 1. The summed E-state index contributed by atoms with van der Waals surface area (Å²) in [5.74, 6) is -3.45. The number of hydrogen-bond acceptors (Lipinski definition) is 3. The first-order valence-corrected chi connectivity index (χ1v) is 3.73. The van der Waals surface area contributed by atoms with Gasteiger partial charge in [0.05, 0.1) is 6.26 Å². The van der Waals surface area contributed by atoms with E-state index in [0.29, 0.717) is 0 Å². The van der Waals surface area contributed by atoms with Crippen molar-refractivity contribution in [2.24, 2.45) is 5.73 Å². The van der Waals surface area contributed by atoms with Crippen LogP contribution in [0.5, 0.6) is 0 Å². The van der Waals surface area contributed by atoms with E-state index in [1.165, 1.54) is 18.4 Å². The summed E-state index contributed by atoms with van der Waals surface area (Å²) in [7, 11) is 0. The average Bonchev–Trinajstić information content (AvgIpc) is 2.56. The molecule has 1 aromatic rings. The van der Waals surface area contributed by atoms with E-state index in [1.54, 1.807) is 0 Å². The first-order chi connectivity index (χ1) is 5.92. The van der Waals surface area contributed by atoms with Crippen LogP contribution < -0.4 is 5.73 Å². The Bertz CT molecular complexity index is 270. The van der Waals surface area contributed by atoms with Crippen LogP contribution in [-0.4, -0.2) is 17.6 Å². The van der Waals surface area contributed by atoms with Gasteiger partial charge in [-0.05, 0) is 19.1 Å². The number of alkyl halides is 2. The molecule has 0 fully saturated rings. The summed E-state index contributed by atoms with van der Waals surface area (Å²) in [4.78, 5) is 0. The molecule has 1 atom stereocenters. The van der Waals surface area contributed by atoms with Crippen molar-refractivity contribution in [3.05, 3.63) is 24.2 Å². The lowest BCUT2D eigenvalue weighted by molar-refractivity contribution is -0.114. The SMILES string of the molecule is C[C@@](N)(c1ccco1)C(F)(F)CO. The van der Waals surface area contributed by atoms with Gasteiger partial charge in [-0.1, -0.05) is 0 Å². The fraction of sp³-hybridized carbons (Fsp3) is 0.500. The maximum absolute atomic E-state index is 13.1. The molecule has 0 amide bonds. The Balaban J connectivity index is 3.02. The highest BCUT2D eigenvalue weighted by Gasteiger charge is 2.50. The number of halogens is 2. The molecule has 1 rings (SSSR count). The fourth-order valence-corrected chi connectivity index (χ4v) is 0.919. The van der Waals surface area contributed by atoms with Gasteiger partial charge in [0.15, 0.2) is 0 Å². The zero-order chi connectivity index (χ0) is 10.1. The minimum absolute atomic E-state index is 0.0495. The lowest BCUT2D eigenvalue weighted by Gasteiger charge is -2.30. The molecule has 5 heteroatoms. The molecular weight excluding hydrogens is 180 g/mol. The van der Waals surface area contributed by atoms with Crippen molar-refractivity contribution in [1.82, 2.24) is 0 Å². The van der Waals surface area contributed by atoms with E-state index in [9.17, 15) is 8.78 Å². The molecular formula is C8H11F2NO2. The van der Waals surface area contributed by atoms with Gasteiger partial charge in [-0.25, -0.2) is 8.78 Å². The first-order valence-electron chi connectivity index (χ1n) is 3.73. The smallest absolute Gasteiger partial charge is 0.295 e. The molecule has 0 saturated heterocycles. The largest absolute Gasteiger partial charge is 0.467 e. The molecule has 1 aromatic heterocycles. The molecule has 0 aromatic carbocycles. The summed E-state index contributed by atoms with van der Waals surface area (Å²) in [6.07, 6.45) is 1.26. The van der Waals surface area contributed by atoms with Gasteiger partial charge in [-0.2, -0.15) is 0 Å². The van der Waals surface area contributed by atoms with Crippen molar-refractivity contribution in [2.45, 2.75) is 18.4 Å². The molecule has 0 radical (unpaired) electrons.